The van der Waals surface area contributed by atoms with Crippen LogP contribution in [0.4, 0.5) is 4.39 Å². The molecule has 0 bridgehead atoms. The van der Waals surface area contributed by atoms with Crippen LogP contribution in [-0.4, -0.2) is 29.4 Å². The third-order valence-electron chi connectivity index (χ3n) is 7.58. The van der Waals surface area contributed by atoms with Crippen molar-refractivity contribution in [3.8, 4) is 33.9 Å². The smallest absolute Gasteiger partial charge is 0.219 e. The van der Waals surface area contributed by atoms with Crippen molar-refractivity contribution in [2.45, 2.75) is 20.1 Å². The number of nitrogens with zero attached hydrogens (tertiary/aromatic N) is 2. The maximum Gasteiger partial charge on any atom is 0.219 e. The van der Waals surface area contributed by atoms with E-state index in [1.807, 2.05) is 43.5 Å². The Bertz CT molecular complexity index is 1920. The summed E-state index contributed by atoms with van der Waals surface area (Å²) in [7, 11) is 3.23. The molecule has 0 saturated carbocycles. The van der Waals surface area contributed by atoms with Gasteiger partial charge in [0.2, 0.25) is 5.52 Å². The van der Waals surface area contributed by atoms with Crippen LogP contribution in [-0.2, 0) is 13.2 Å². The van der Waals surface area contributed by atoms with E-state index in [-0.39, 0.29) is 19.0 Å². The van der Waals surface area contributed by atoms with Crippen molar-refractivity contribution in [2.75, 3.05) is 14.2 Å². The Balaban J connectivity index is 1.66. The Morgan fingerprint density at radius 1 is 0.775 bits per heavy atom. The van der Waals surface area contributed by atoms with Crippen LogP contribution in [0, 0.1) is 12.7 Å². The first-order valence-electron chi connectivity index (χ1n) is 12.9. The lowest BCUT2D eigenvalue weighted by Gasteiger charge is -2.16. The summed E-state index contributed by atoms with van der Waals surface area (Å²) in [6, 6.07) is 20.2. The molecule has 0 saturated heterocycles. The van der Waals surface area contributed by atoms with E-state index in [9.17, 15) is 14.6 Å². The Morgan fingerprint density at radius 3 is 2.20 bits per heavy atom. The fraction of sp³-hybridized carbons (Fsp3) is 0.152. The average molecular weight is 536 g/mol. The second-order valence-corrected chi connectivity index (χ2v) is 9.71. The second kappa shape index (κ2) is 10.2. The van der Waals surface area contributed by atoms with Crippen LogP contribution in [0.15, 0.2) is 79.1 Å². The molecule has 0 aliphatic heterocycles. The summed E-state index contributed by atoms with van der Waals surface area (Å²) in [6.07, 6.45) is 3.73. The maximum atomic E-state index is 13.5. The third-order valence-corrected chi connectivity index (χ3v) is 7.58. The number of fused-ring (bicyclic) bond motifs is 4. The zero-order valence-corrected chi connectivity index (χ0v) is 22.4. The van der Waals surface area contributed by atoms with E-state index in [1.54, 1.807) is 32.5 Å². The van der Waals surface area contributed by atoms with E-state index >= 15 is 0 Å². The zero-order valence-electron chi connectivity index (χ0n) is 22.4. The van der Waals surface area contributed by atoms with Crippen molar-refractivity contribution in [2.24, 2.45) is 0 Å². The molecule has 3 aromatic carbocycles. The second-order valence-electron chi connectivity index (χ2n) is 9.71. The number of hydrogen-bond donors (Lipinski definition) is 2. The number of halogens is 1. The van der Waals surface area contributed by atoms with Crippen LogP contribution in [0.3, 0.4) is 0 Å². The number of methoxy groups -OCH3 is 2. The molecular formula is C33H28FN2O4+. The predicted octanol–water partition coefficient (Wildman–Crippen LogP) is 5.91. The third kappa shape index (κ3) is 4.11. The van der Waals surface area contributed by atoms with Crippen LogP contribution in [0.25, 0.3) is 49.4 Å². The largest absolute Gasteiger partial charge is 0.492 e. The zero-order chi connectivity index (χ0) is 28.0. The average Bonchev–Trinajstić information content (AvgIpc) is 2.99. The lowest BCUT2D eigenvalue weighted by atomic mass is 9.97. The highest BCUT2D eigenvalue weighted by atomic mass is 19.1. The number of aromatic nitrogens is 2. The van der Waals surface area contributed by atoms with Crippen molar-refractivity contribution < 1.29 is 28.5 Å². The highest BCUT2D eigenvalue weighted by Gasteiger charge is 2.23. The fourth-order valence-corrected chi connectivity index (χ4v) is 5.54. The molecule has 0 fully saturated rings. The van der Waals surface area contributed by atoms with Gasteiger partial charge in [-0.25, -0.2) is 4.39 Å². The van der Waals surface area contributed by atoms with Gasteiger partial charge in [0.25, 0.3) is 0 Å². The molecular weight excluding hydrogens is 507 g/mol. The van der Waals surface area contributed by atoms with E-state index in [0.717, 1.165) is 49.4 Å². The molecule has 6 rings (SSSR count). The number of aliphatic hydroxyl groups excluding tert-OH is 2. The Morgan fingerprint density at radius 2 is 1.50 bits per heavy atom. The normalized spacial score (nSPS) is 11.4. The minimum Gasteiger partial charge on any atom is -0.492 e. The number of benzene rings is 3. The van der Waals surface area contributed by atoms with Crippen LogP contribution in [0.5, 0.6) is 11.5 Å². The fourth-order valence-electron chi connectivity index (χ4n) is 5.54. The lowest BCUT2D eigenvalue weighted by molar-refractivity contribution is -0.516. The molecule has 6 nitrogen and oxygen atoms in total. The number of aliphatic hydroxyl groups is 2. The minimum absolute atomic E-state index is 0.143. The first kappa shape index (κ1) is 25.7. The number of rotatable bonds is 6. The van der Waals surface area contributed by atoms with Crippen molar-refractivity contribution in [1.29, 1.82) is 0 Å². The van der Waals surface area contributed by atoms with Crippen LogP contribution >= 0.6 is 0 Å². The summed E-state index contributed by atoms with van der Waals surface area (Å²) in [6.45, 7) is 1.74. The molecule has 0 radical (unpaired) electrons. The summed E-state index contributed by atoms with van der Waals surface area (Å²) in [5, 5.41) is 23.5. The minimum atomic E-state index is -0.287. The lowest BCUT2D eigenvalue weighted by Crippen LogP contribution is -2.26. The van der Waals surface area contributed by atoms with Gasteiger partial charge in [-0.1, -0.05) is 12.1 Å². The molecule has 0 aliphatic carbocycles. The highest BCUT2D eigenvalue weighted by Crippen LogP contribution is 2.44. The number of hydrogen-bond acceptors (Lipinski definition) is 5. The molecule has 3 heterocycles. The summed E-state index contributed by atoms with van der Waals surface area (Å²) in [5.74, 6) is 0.872. The molecule has 0 spiro atoms. The van der Waals surface area contributed by atoms with Gasteiger partial charge in [0.05, 0.1) is 38.5 Å². The van der Waals surface area contributed by atoms with Gasteiger partial charge in [-0.3, -0.25) is 4.98 Å². The number of ether oxygens (including phenoxy) is 2. The molecule has 0 unspecified atom stereocenters. The van der Waals surface area contributed by atoms with Gasteiger partial charge in [0, 0.05) is 41.6 Å². The van der Waals surface area contributed by atoms with Crippen molar-refractivity contribution >= 4 is 27.1 Å². The van der Waals surface area contributed by atoms with Gasteiger partial charge in [-0.15, -0.1) is 0 Å². The summed E-state index contributed by atoms with van der Waals surface area (Å²) in [5.41, 5.74) is 6.57. The first-order valence-corrected chi connectivity index (χ1v) is 12.9. The predicted molar refractivity (Wildman–Crippen MR) is 153 cm³/mol. The molecule has 3 aromatic heterocycles. The summed E-state index contributed by atoms with van der Waals surface area (Å²) in [4.78, 5) is 4.66. The van der Waals surface area contributed by atoms with E-state index in [0.29, 0.717) is 28.3 Å². The molecule has 0 aliphatic rings. The van der Waals surface area contributed by atoms with Gasteiger partial charge in [0.1, 0.15) is 5.82 Å². The number of aryl methyl sites for hydroxylation is 1. The monoisotopic (exact) mass is 535 g/mol. The first-order chi connectivity index (χ1) is 19.5. The SMILES string of the molecule is COc1c(-c2cc(-c3ccc(F)cc3)ccn2)cc2c(cc[n+]3c(C)c4cc(CO)c(CO)cc4cc23)c1OC. The molecule has 200 valence electrons. The van der Waals surface area contributed by atoms with Crippen LogP contribution in [0.1, 0.15) is 16.8 Å². The standard InChI is InChI=1S/C33H28FN2O4/c1-19-27-13-24(18-38)23(17-37)12-22(27)15-31-28-16-29(33(40-3)32(39-2)26(28)9-11-36(19)31)30-14-21(8-10-35-30)20-4-6-25(34)7-5-20/h4-16,37-38H,17-18H2,1-3H3/q+1. The molecule has 7 heteroatoms. The van der Waals surface area contributed by atoms with Gasteiger partial charge in [-0.05, 0) is 70.1 Å². The summed E-state index contributed by atoms with van der Waals surface area (Å²) < 4.78 is 27.4. The van der Waals surface area contributed by atoms with Gasteiger partial charge in [0.15, 0.2) is 23.4 Å². The highest BCUT2D eigenvalue weighted by molar-refractivity contribution is 6.05. The van der Waals surface area contributed by atoms with Crippen molar-refractivity contribution in [3.63, 3.8) is 0 Å². The number of pyridine rings is 3. The van der Waals surface area contributed by atoms with E-state index in [4.69, 9.17) is 9.47 Å². The molecule has 0 atom stereocenters. The molecule has 6 aromatic rings. The van der Waals surface area contributed by atoms with Gasteiger partial charge >= 0.3 is 0 Å². The van der Waals surface area contributed by atoms with Crippen LogP contribution in [0.2, 0.25) is 0 Å². The Kier molecular flexibility index (Phi) is 6.54. The molecule has 40 heavy (non-hydrogen) atoms. The van der Waals surface area contributed by atoms with Gasteiger partial charge < -0.3 is 19.7 Å². The Labute approximate surface area is 230 Å². The Hall–Kier alpha value is -4.59. The van der Waals surface area contributed by atoms with Crippen molar-refractivity contribution in [3.05, 3.63) is 102 Å². The van der Waals surface area contributed by atoms with Crippen LogP contribution < -0.4 is 13.9 Å². The van der Waals surface area contributed by atoms with Gasteiger partial charge in [-0.2, -0.15) is 4.40 Å². The van der Waals surface area contributed by atoms with E-state index < -0.39 is 0 Å². The quantitative estimate of drug-likeness (QED) is 0.158. The summed E-state index contributed by atoms with van der Waals surface area (Å²) >= 11 is 0. The topological polar surface area (TPSA) is 75.9 Å². The van der Waals surface area contributed by atoms with Crippen molar-refractivity contribution in [1.82, 2.24) is 4.98 Å². The maximum absolute atomic E-state index is 13.5. The van der Waals surface area contributed by atoms with E-state index in [2.05, 4.69) is 21.5 Å². The molecule has 0 amide bonds. The van der Waals surface area contributed by atoms with E-state index in [1.165, 1.54) is 12.1 Å². The molecule has 2 N–H and O–H groups in total.